The van der Waals surface area contributed by atoms with E-state index in [2.05, 4.69) is 34.6 Å². The topological polar surface area (TPSA) is 69.6 Å². The molecule has 0 spiro atoms. The van der Waals surface area contributed by atoms with Gasteiger partial charge < -0.3 is 5.73 Å². The monoisotopic (exact) mass is 217 g/mol. The Kier molecular flexibility index (Phi) is 2.96. The van der Waals surface area contributed by atoms with E-state index >= 15 is 0 Å². The van der Waals surface area contributed by atoms with Crippen LogP contribution in [0.25, 0.3) is 0 Å². The molecular formula is C11H15N5. The Balaban J connectivity index is 2.34. The van der Waals surface area contributed by atoms with Crippen LogP contribution in [0.1, 0.15) is 37.3 Å². The van der Waals surface area contributed by atoms with Gasteiger partial charge in [-0.15, -0.1) is 5.10 Å². The maximum absolute atomic E-state index is 5.81. The molecule has 0 amide bonds. The second-order valence-corrected chi connectivity index (χ2v) is 3.86. The SMILES string of the molecule is CC(N)c1nnnn1C(C)c1ccccc1. The van der Waals surface area contributed by atoms with Crippen molar-refractivity contribution in [1.82, 2.24) is 20.2 Å². The zero-order valence-corrected chi connectivity index (χ0v) is 9.41. The summed E-state index contributed by atoms with van der Waals surface area (Å²) in [6, 6.07) is 10.0. The molecule has 16 heavy (non-hydrogen) atoms. The van der Waals surface area contributed by atoms with Gasteiger partial charge in [-0.3, -0.25) is 0 Å². The average Bonchev–Trinajstić information content (AvgIpc) is 2.78. The molecule has 2 rings (SSSR count). The Bertz CT molecular complexity index is 448. The molecule has 1 heterocycles. The molecule has 5 heteroatoms. The zero-order chi connectivity index (χ0) is 11.5. The van der Waals surface area contributed by atoms with Gasteiger partial charge in [0, 0.05) is 0 Å². The van der Waals surface area contributed by atoms with Crippen LogP contribution in [0.3, 0.4) is 0 Å². The lowest BCUT2D eigenvalue weighted by molar-refractivity contribution is 0.504. The minimum atomic E-state index is -0.166. The first-order chi connectivity index (χ1) is 7.70. The number of aromatic nitrogens is 4. The van der Waals surface area contributed by atoms with Gasteiger partial charge in [0.1, 0.15) is 0 Å². The Labute approximate surface area is 94.3 Å². The second kappa shape index (κ2) is 4.40. The van der Waals surface area contributed by atoms with Crippen LogP contribution in [0.15, 0.2) is 30.3 Å². The summed E-state index contributed by atoms with van der Waals surface area (Å²) in [6.45, 7) is 3.93. The van der Waals surface area contributed by atoms with Gasteiger partial charge in [0.25, 0.3) is 0 Å². The largest absolute Gasteiger partial charge is 0.322 e. The highest BCUT2D eigenvalue weighted by Crippen LogP contribution is 2.18. The van der Waals surface area contributed by atoms with E-state index in [1.807, 2.05) is 25.1 Å². The third-order valence-electron chi connectivity index (χ3n) is 2.57. The van der Waals surface area contributed by atoms with Crippen molar-refractivity contribution in [2.45, 2.75) is 25.9 Å². The molecule has 0 bridgehead atoms. The van der Waals surface area contributed by atoms with E-state index in [-0.39, 0.29) is 12.1 Å². The molecule has 0 aliphatic heterocycles. The van der Waals surface area contributed by atoms with Crippen molar-refractivity contribution in [3.8, 4) is 0 Å². The highest BCUT2D eigenvalue weighted by molar-refractivity contribution is 5.19. The maximum atomic E-state index is 5.81. The van der Waals surface area contributed by atoms with Crippen molar-refractivity contribution in [2.75, 3.05) is 0 Å². The van der Waals surface area contributed by atoms with E-state index in [9.17, 15) is 0 Å². The fourth-order valence-corrected chi connectivity index (χ4v) is 1.65. The normalized spacial score (nSPS) is 14.7. The molecule has 0 fully saturated rings. The van der Waals surface area contributed by atoms with Crippen molar-refractivity contribution in [1.29, 1.82) is 0 Å². The summed E-state index contributed by atoms with van der Waals surface area (Å²) in [5.74, 6) is 0.705. The quantitative estimate of drug-likeness (QED) is 0.841. The first kappa shape index (κ1) is 10.8. The van der Waals surface area contributed by atoms with E-state index in [4.69, 9.17) is 5.73 Å². The van der Waals surface area contributed by atoms with Crippen LogP contribution in [0.5, 0.6) is 0 Å². The fourth-order valence-electron chi connectivity index (χ4n) is 1.65. The lowest BCUT2D eigenvalue weighted by Gasteiger charge is -2.14. The Morgan fingerprint density at radius 3 is 2.50 bits per heavy atom. The van der Waals surface area contributed by atoms with E-state index in [0.29, 0.717) is 5.82 Å². The summed E-state index contributed by atoms with van der Waals surface area (Å²) < 4.78 is 1.76. The van der Waals surface area contributed by atoms with E-state index in [1.54, 1.807) is 4.68 Å². The highest BCUT2D eigenvalue weighted by Gasteiger charge is 2.16. The van der Waals surface area contributed by atoms with Crippen molar-refractivity contribution in [3.63, 3.8) is 0 Å². The first-order valence-corrected chi connectivity index (χ1v) is 5.28. The van der Waals surface area contributed by atoms with Crippen molar-refractivity contribution in [2.24, 2.45) is 5.73 Å². The second-order valence-electron chi connectivity index (χ2n) is 3.86. The molecule has 0 radical (unpaired) electrons. The number of hydrogen-bond donors (Lipinski definition) is 1. The van der Waals surface area contributed by atoms with Crippen LogP contribution in [0.4, 0.5) is 0 Å². The highest BCUT2D eigenvalue weighted by atomic mass is 15.6. The molecule has 0 saturated carbocycles. The van der Waals surface area contributed by atoms with Gasteiger partial charge in [0.2, 0.25) is 0 Å². The van der Waals surface area contributed by atoms with Crippen LogP contribution >= 0.6 is 0 Å². The zero-order valence-electron chi connectivity index (χ0n) is 9.41. The predicted octanol–water partition coefficient (Wildman–Crippen LogP) is 1.30. The van der Waals surface area contributed by atoms with Gasteiger partial charge in [-0.05, 0) is 29.8 Å². The molecule has 0 aliphatic rings. The Morgan fingerprint density at radius 2 is 1.88 bits per heavy atom. The molecule has 2 N–H and O–H groups in total. The number of nitrogens with two attached hydrogens (primary N) is 1. The van der Waals surface area contributed by atoms with Gasteiger partial charge in [0.15, 0.2) is 5.82 Å². The van der Waals surface area contributed by atoms with Crippen molar-refractivity contribution < 1.29 is 0 Å². The van der Waals surface area contributed by atoms with Crippen molar-refractivity contribution in [3.05, 3.63) is 41.7 Å². The third kappa shape index (κ3) is 1.94. The van der Waals surface area contributed by atoms with Gasteiger partial charge >= 0.3 is 0 Å². The van der Waals surface area contributed by atoms with E-state index in [1.165, 1.54) is 0 Å². The average molecular weight is 217 g/mol. The summed E-state index contributed by atoms with van der Waals surface area (Å²) in [5.41, 5.74) is 6.98. The van der Waals surface area contributed by atoms with Crippen LogP contribution in [0.2, 0.25) is 0 Å². The summed E-state index contributed by atoms with van der Waals surface area (Å²) in [4.78, 5) is 0. The fraction of sp³-hybridized carbons (Fsp3) is 0.364. The minimum absolute atomic E-state index is 0.0946. The van der Waals surface area contributed by atoms with E-state index < -0.39 is 0 Å². The first-order valence-electron chi connectivity index (χ1n) is 5.28. The van der Waals surface area contributed by atoms with Gasteiger partial charge in [-0.1, -0.05) is 30.3 Å². The van der Waals surface area contributed by atoms with Gasteiger partial charge in [-0.2, -0.15) is 0 Å². The van der Waals surface area contributed by atoms with E-state index in [0.717, 1.165) is 5.56 Å². The number of tetrazole rings is 1. The van der Waals surface area contributed by atoms with Crippen LogP contribution < -0.4 is 5.73 Å². The maximum Gasteiger partial charge on any atom is 0.168 e. The molecule has 84 valence electrons. The molecule has 2 unspecified atom stereocenters. The number of rotatable bonds is 3. The number of nitrogens with zero attached hydrogens (tertiary/aromatic N) is 4. The minimum Gasteiger partial charge on any atom is -0.322 e. The molecule has 1 aromatic heterocycles. The molecule has 0 aliphatic carbocycles. The Hall–Kier alpha value is -1.75. The summed E-state index contributed by atoms with van der Waals surface area (Å²) in [5, 5.41) is 11.6. The molecule has 1 aromatic carbocycles. The summed E-state index contributed by atoms with van der Waals surface area (Å²) in [6.07, 6.45) is 0. The predicted molar refractivity (Wildman–Crippen MR) is 60.7 cm³/mol. The smallest absolute Gasteiger partial charge is 0.168 e. The molecule has 2 atom stereocenters. The third-order valence-corrected chi connectivity index (χ3v) is 2.57. The number of hydrogen-bond acceptors (Lipinski definition) is 4. The summed E-state index contributed by atoms with van der Waals surface area (Å²) in [7, 11) is 0. The van der Waals surface area contributed by atoms with Crippen molar-refractivity contribution >= 4 is 0 Å². The van der Waals surface area contributed by atoms with Crippen LogP contribution in [-0.2, 0) is 0 Å². The lowest BCUT2D eigenvalue weighted by Crippen LogP contribution is -2.18. The standard InChI is InChI=1S/C11H15N5/c1-8(12)11-13-14-15-16(11)9(2)10-6-4-3-5-7-10/h3-9H,12H2,1-2H3. The lowest BCUT2D eigenvalue weighted by atomic mass is 10.1. The molecule has 5 nitrogen and oxygen atoms in total. The number of benzene rings is 1. The van der Waals surface area contributed by atoms with Crippen LogP contribution in [0, 0.1) is 0 Å². The van der Waals surface area contributed by atoms with Gasteiger partial charge in [-0.25, -0.2) is 4.68 Å². The molecule has 0 saturated heterocycles. The molecule has 2 aromatic rings. The molecular weight excluding hydrogens is 202 g/mol. The Morgan fingerprint density at radius 1 is 1.19 bits per heavy atom. The van der Waals surface area contributed by atoms with Gasteiger partial charge in [0.05, 0.1) is 12.1 Å². The van der Waals surface area contributed by atoms with Crippen LogP contribution in [-0.4, -0.2) is 20.2 Å². The summed E-state index contributed by atoms with van der Waals surface area (Å²) >= 11 is 0.